The molecule has 0 aromatic carbocycles. The van der Waals surface area contributed by atoms with E-state index in [4.69, 9.17) is 0 Å². The van der Waals surface area contributed by atoms with Crippen molar-refractivity contribution >= 4 is 27.7 Å². The van der Waals surface area contributed by atoms with Crippen molar-refractivity contribution in [3.05, 3.63) is 9.39 Å². The molecular weight excluding hydrogens is 172 g/mol. The normalized spacial score (nSPS) is 13.7. The van der Waals surface area contributed by atoms with Gasteiger partial charge in [-0.15, -0.1) is 11.8 Å². The van der Waals surface area contributed by atoms with Crippen molar-refractivity contribution in [2.45, 2.75) is 13.8 Å². The number of rotatable bonds is 1. The second-order valence-electron chi connectivity index (χ2n) is 1.29. The average Bonchev–Trinajstić information content (AvgIpc) is 1.65. The van der Waals surface area contributed by atoms with Gasteiger partial charge >= 0.3 is 0 Å². The van der Waals surface area contributed by atoms with Gasteiger partial charge in [0.05, 0.1) is 0 Å². The molecule has 7 heavy (non-hydrogen) atoms. The van der Waals surface area contributed by atoms with Gasteiger partial charge in [-0.05, 0) is 25.0 Å². The first kappa shape index (κ1) is 7.57. The molecule has 42 valence electrons. The fourth-order valence-electron chi connectivity index (χ4n) is 0.141. The Morgan fingerprint density at radius 2 is 1.86 bits per heavy atom. The zero-order valence-electron chi connectivity index (χ0n) is 4.79. The van der Waals surface area contributed by atoms with Crippen LogP contribution in [0.25, 0.3) is 0 Å². The zero-order chi connectivity index (χ0) is 5.86. The zero-order valence-corrected chi connectivity index (χ0v) is 7.19. The molecule has 0 aromatic heterocycles. The quantitative estimate of drug-likeness (QED) is 0.599. The number of allylic oxidation sites excluding steroid dienone is 2. The minimum atomic E-state index is 1.24. The molecule has 0 spiro atoms. The van der Waals surface area contributed by atoms with E-state index < -0.39 is 0 Å². The van der Waals surface area contributed by atoms with Crippen LogP contribution in [0, 0.1) is 0 Å². The van der Waals surface area contributed by atoms with Crippen LogP contribution in [-0.4, -0.2) is 6.26 Å². The van der Waals surface area contributed by atoms with Crippen LogP contribution in [0.4, 0.5) is 0 Å². The molecule has 0 N–H and O–H groups in total. The summed E-state index contributed by atoms with van der Waals surface area (Å²) in [5.74, 6) is 0. The summed E-state index contributed by atoms with van der Waals surface area (Å²) in [4.78, 5) is 1.35. The fourth-order valence-corrected chi connectivity index (χ4v) is 0.908. The molecule has 0 heterocycles. The molecule has 0 saturated carbocycles. The minimum absolute atomic E-state index is 1.24. The Morgan fingerprint density at radius 1 is 1.43 bits per heavy atom. The predicted octanol–water partition coefficient (Wildman–Crippen LogP) is 3.00. The molecule has 0 atom stereocenters. The van der Waals surface area contributed by atoms with Crippen molar-refractivity contribution in [1.29, 1.82) is 0 Å². The molecule has 0 bridgehead atoms. The Kier molecular flexibility index (Phi) is 3.85. The van der Waals surface area contributed by atoms with E-state index in [0.717, 1.165) is 0 Å². The lowest BCUT2D eigenvalue weighted by Crippen LogP contribution is -1.64. The summed E-state index contributed by atoms with van der Waals surface area (Å²) >= 11 is 5.12. The minimum Gasteiger partial charge on any atom is -0.134 e. The largest absolute Gasteiger partial charge is 0.134 e. The van der Waals surface area contributed by atoms with Gasteiger partial charge in [0.2, 0.25) is 0 Å². The van der Waals surface area contributed by atoms with Crippen LogP contribution in [0.3, 0.4) is 0 Å². The molecule has 0 radical (unpaired) electrons. The van der Waals surface area contributed by atoms with Crippen molar-refractivity contribution in [1.82, 2.24) is 0 Å². The van der Waals surface area contributed by atoms with E-state index in [1.54, 1.807) is 11.8 Å². The molecule has 0 amide bonds. The molecule has 0 saturated heterocycles. The molecule has 0 aromatic rings. The third-order valence-electron chi connectivity index (χ3n) is 0.791. The van der Waals surface area contributed by atoms with Gasteiger partial charge in [0.25, 0.3) is 0 Å². The van der Waals surface area contributed by atoms with Gasteiger partial charge in [-0.25, -0.2) is 0 Å². The van der Waals surface area contributed by atoms with E-state index in [1.165, 1.54) is 9.39 Å². The van der Waals surface area contributed by atoms with Crippen LogP contribution in [-0.2, 0) is 0 Å². The van der Waals surface area contributed by atoms with Crippen molar-refractivity contribution in [2.24, 2.45) is 0 Å². The summed E-state index contributed by atoms with van der Waals surface area (Å²) in [6.07, 6.45) is 2.07. The first-order valence-electron chi connectivity index (χ1n) is 2.05. The molecule has 2 heteroatoms. The number of hydrogen-bond acceptors (Lipinski definition) is 1. The van der Waals surface area contributed by atoms with Gasteiger partial charge in [-0.2, -0.15) is 0 Å². The van der Waals surface area contributed by atoms with E-state index in [2.05, 4.69) is 29.1 Å². The highest BCUT2D eigenvalue weighted by Crippen LogP contribution is 2.18. The molecular formula is C5H9BrS. The highest BCUT2D eigenvalue weighted by Gasteiger charge is 1.85. The summed E-state index contributed by atoms with van der Waals surface area (Å²) in [6, 6.07) is 0. The molecule has 0 fully saturated rings. The van der Waals surface area contributed by atoms with Crippen LogP contribution in [0.15, 0.2) is 9.39 Å². The summed E-state index contributed by atoms with van der Waals surface area (Å²) in [5.41, 5.74) is 0. The lowest BCUT2D eigenvalue weighted by atomic mass is 10.6. The van der Waals surface area contributed by atoms with Crippen molar-refractivity contribution in [3.8, 4) is 0 Å². The van der Waals surface area contributed by atoms with Gasteiger partial charge in [0.1, 0.15) is 0 Å². The maximum absolute atomic E-state index is 3.36. The Bertz CT molecular complexity index is 82.1. The van der Waals surface area contributed by atoms with Crippen molar-refractivity contribution < 1.29 is 0 Å². The third-order valence-corrected chi connectivity index (χ3v) is 2.57. The third kappa shape index (κ3) is 3.18. The van der Waals surface area contributed by atoms with Crippen LogP contribution < -0.4 is 0 Å². The number of thioether (sulfide) groups is 1. The Hall–Kier alpha value is 0.570. The van der Waals surface area contributed by atoms with Gasteiger partial charge in [0, 0.05) is 4.48 Å². The molecule has 0 rings (SSSR count). The van der Waals surface area contributed by atoms with E-state index in [-0.39, 0.29) is 0 Å². The lowest BCUT2D eigenvalue weighted by Gasteiger charge is -1.92. The first-order chi connectivity index (χ1) is 3.18. The molecule has 0 aliphatic rings. The molecule has 0 aliphatic carbocycles. The molecule has 0 unspecified atom stereocenters. The van der Waals surface area contributed by atoms with Gasteiger partial charge in [-0.3, -0.25) is 0 Å². The SMILES string of the molecule is CS/C(C)=C(/C)Br. The molecule has 0 aliphatic heterocycles. The average molecular weight is 181 g/mol. The summed E-state index contributed by atoms with van der Waals surface area (Å²) in [6.45, 7) is 4.14. The lowest BCUT2D eigenvalue weighted by molar-refractivity contribution is 1.57. The van der Waals surface area contributed by atoms with Gasteiger partial charge < -0.3 is 0 Å². The van der Waals surface area contributed by atoms with E-state index >= 15 is 0 Å². The monoisotopic (exact) mass is 180 g/mol. The summed E-state index contributed by atoms with van der Waals surface area (Å²) < 4.78 is 1.24. The second kappa shape index (κ2) is 3.56. The van der Waals surface area contributed by atoms with E-state index in [1.807, 2.05) is 6.92 Å². The van der Waals surface area contributed by atoms with Gasteiger partial charge in [-0.1, -0.05) is 15.9 Å². The van der Waals surface area contributed by atoms with Crippen LogP contribution in [0.1, 0.15) is 13.8 Å². The Balaban J connectivity index is 3.72. The standard InChI is InChI=1S/C5H9BrS/c1-4(6)5(2)7-3/h1-3H3/b5-4-. The maximum Gasteiger partial charge on any atom is 0.00116 e. The highest BCUT2D eigenvalue weighted by atomic mass is 79.9. The highest BCUT2D eigenvalue weighted by molar-refractivity contribution is 9.11. The van der Waals surface area contributed by atoms with Crippen LogP contribution >= 0.6 is 27.7 Å². The topological polar surface area (TPSA) is 0 Å². The smallest absolute Gasteiger partial charge is 0.00116 e. The van der Waals surface area contributed by atoms with Crippen LogP contribution in [0.2, 0.25) is 0 Å². The fraction of sp³-hybridized carbons (Fsp3) is 0.600. The number of hydrogen-bond donors (Lipinski definition) is 0. The van der Waals surface area contributed by atoms with Crippen LogP contribution in [0.5, 0.6) is 0 Å². The Labute approximate surface area is 57.5 Å². The number of halogens is 1. The molecule has 0 nitrogen and oxygen atoms in total. The summed E-state index contributed by atoms with van der Waals surface area (Å²) in [7, 11) is 0. The van der Waals surface area contributed by atoms with Crippen molar-refractivity contribution in [3.63, 3.8) is 0 Å². The predicted molar refractivity (Wildman–Crippen MR) is 40.8 cm³/mol. The maximum atomic E-state index is 3.36. The van der Waals surface area contributed by atoms with E-state index in [9.17, 15) is 0 Å². The second-order valence-corrected chi connectivity index (χ2v) is 3.50. The summed E-state index contributed by atoms with van der Waals surface area (Å²) in [5, 5.41) is 0. The van der Waals surface area contributed by atoms with Crippen molar-refractivity contribution in [2.75, 3.05) is 6.26 Å². The first-order valence-corrected chi connectivity index (χ1v) is 4.07. The Morgan fingerprint density at radius 3 is 1.86 bits per heavy atom. The van der Waals surface area contributed by atoms with Gasteiger partial charge in [0.15, 0.2) is 0 Å². The van der Waals surface area contributed by atoms with E-state index in [0.29, 0.717) is 0 Å².